The predicted octanol–water partition coefficient (Wildman–Crippen LogP) is 1.10. The molecule has 1 aromatic heterocycles. The summed E-state index contributed by atoms with van der Waals surface area (Å²) in [7, 11) is 4.04. The van der Waals surface area contributed by atoms with Gasteiger partial charge in [0.15, 0.2) is 0 Å². The second-order valence-corrected chi connectivity index (χ2v) is 3.39. The van der Waals surface area contributed by atoms with E-state index >= 15 is 0 Å². The van der Waals surface area contributed by atoms with Crippen molar-refractivity contribution in [3.8, 4) is 0 Å². The number of anilines is 1. The summed E-state index contributed by atoms with van der Waals surface area (Å²) in [4.78, 5) is 10.1. The summed E-state index contributed by atoms with van der Waals surface area (Å²) in [5.41, 5.74) is 0. The molecule has 0 aliphatic heterocycles. The lowest BCUT2D eigenvalue weighted by atomic mass is 10.6. The van der Waals surface area contributed by atoms with E-state index in [1.807, 2.05) is 14.1 Å². The molecule has 5 heteroatoms. The van der Waals surface area contributed by atoms with Gasteiger partial charge in [-0.05, 0) is 14.1 Å². The molecule has 1 aromatic rings. The Morgan fingerprint density at radius 1 is 1.38 bits per heavy atom. The van der Waals surface area contributed by atoms with Crippen molar-refractivity contribution in [1.29, 1.82) is 0 Å². The van der Waals surface area contributed by atoms with E-state index in [1.54, 1.807) is 12.4 Å². The molecule has 0 spiro atoms. The third-order valence-corrected chi connectivity index (χ3v) is 1.66. The Kier molecular flexibility index (Phi) is 3.92. The molecule has 72 valence electrons. The minimum Gasteiger partial charge on any atom is -0.353 e. The van der Waals surface area contributed by atoms with Crippen molar-refractivity contribution >= 4 is 17.5 Å². The number of likely N-dealkylation sites (N-methyl/N-ethyl adjacent to an activating group) is 1. The van der Waals surface area contributed by atoms with Gasteiger partial charge in [0.1, 0.15) is 0 Å². The van der Waals surface area contributed by atoms with E-state index in [2.05, 4.69) is 20.2 Å². The van der Waals surface area contributed by atoms with Crippen LogP contribution in [0.4, 0.5) is 5.95 Å². The molecular formula is C8H13ClN4. The van der Waals surface area contributed by atoms with Gasteiger partial charge in [-0.25, -0.2) is 9.97 Å². The van der Waals surface area contributed by atoms with Crippen LogP contribution in [0.15, 0.2) is 12.4 Å². The lowest BCUT2D eigenvalue weighted by molar-refractivity contribution is 0.425. The third-order valence-electron chi connectivity index (χ3n) is 1.46. The normalized spacial score (nSPS) is 10.5. The topological polar surface area (TPSA) is 41.0 Å². The van der Waals surface area contributed by atoms with Gasteiger partial charge in [-0.3, -0.25) is 0 Å². The lowest BCUT2D eigenvalue weighted by Gasteiger charge is -2.09. The van der Waals surface area contributed by atoms with Crippen LogP contribution in [-0.2, 0) is 0 Å². The highest BCUT2D eigenvalue weighted by Gasteiger charge is 1.95. The molecule has 0 saturated heterocycles. The van der Waals surface area contributed by atoms with Crippen LogP contribution < -0.4 is 5.32 Å². The van der Waals surface area contributed by atoms with E-state index in [9.17, 15) is 0 Å². The maximum atomic E-state index is 5.64. The Bertz CT molecular complexity index is 247. The van der Waals surface area contributed by atoms with Crippen molar-refractivity contribution in [1.82, 2.24) is 14.9 Å². The first-order valence-corrected chi connectivity index (χ1v) is 4.42. The molecule has 4 nitrogen and oxygen atoms in total. The lowest BCUT2D eigenvalue weighted by Crippen LogP contribution is -2.21. The second kappa shape index (κ2) is 4.99. The molecule has 0 saturated carbocycles. The fraction of sp³-hybridized carbons (Fsp3) is 0.500. The molecule has 0 aromatic carbocycles. The predicted molar refractivity (Wildman–Crippen MR) is 54.1 cm³/mol. The highest BCUT2D eigenvalue weighted by Crippen LogP contribution is 2.04. The Hall–Kier alpha value is -0.870. The van der Waals surface area contributed by atoms with E-state index in [1.165, 1.54) is 0 Å². The van der Waals surface area contributed by atoms with Crippen LogP contribution in [0.3, 0.4) is 0 Å². The molecule has 0 unspecified atom stereocenters. The number of aromatic nitrogens is 2. The average molecular weight is 201 g/mol. The van der Waals surface area contributed by atoms with Gasteiger partial charge >= 0.3 is 0 Å². The van der Waals surface area contributed by atoms with E-state index in [0.717, 1.165) is 13.1 Å². The highest BCUT2D eigenvalue weighted by molar-refractivity contribution is 6.30. The van der Waals surface area contributed by atoms with E-state index in [0.29, 0.717) is 11.0 Å². The molecule has 0 bridgehead atoms. The fourth-order valence-corrected chi connectivity index (χ4v) is 0.892. The summed E-state index contributed by atoms with van der Waals surface area (Å²) in [5.74, 6) is 0.617. The first-order valence-electron chi connectivity index (χ1n) is 4.04. The maximum Gasteiger partial charge on any atom is 0.222 e. The third kappa shape index (κ3) is 4.05. The maximum absolute atomic E-state index is 5.64. The van der Waals surface area contributed by atoms with Crippen LogP contribution in [0.5, 0.6) is 0 Å². The average Bonchev–Trinajstić information content (AvgIpc) is 2.08. The Morgan fingerprint density at radius 3 is 2.54 bits per heavy atom. The number of halogens is 1. The zero-order valence-corrected chi connectivity index (χ0v) is 8.54. The number of nitrogens with zero attached hydrogens (tertiary/aromatic N) is 3. The minimum absolute atomic E-state index is 0.554. The van der Waals surface area contributed by atoms with Gasteiger partial charge in [0.2, 0.25) is 5.95 Å². The van der Waals surface area contributed by atoms with Crippen molar-refractivity contribution in [2.24, 2.45) is 0 Å². The number of rotatable bonds is 4. The van der Waals surface area contributed by atoms with Crippen LogP contribution in [-0.4, -0.2) is 42.1 Å². The fourth-order valence-electron chi connectivity index (χ4n) is 0.795. The zero-order valence-electron chi connectivity index (χ0n) is 7.79. The Morgan fingerprint density at radius 2 is 2.00 bits per heavy atom. The monoisotopic (exact) mass is 200 g/mol. The highest BCUT2D eigenvalue weighted by atomic mass is 35.5. The summed E-state index contributed by atoms with van der Waals surface area (Å²) >= 11 is 5.64. The largest absolute Gasteiger partial charge is 0.353 e. The minimum atomic E-state index is 0.554. The van der Waals surface area contributed by atoms with Crippen LogP contribution in [0.1, 0.15) is 0 Å². The molecule has 0 aliphatic carbocycles. The molecule has 13 heavy (non-hydrogen) atoms. The van der Waals surface area contributed by atoms with Crippen LogP contribution in [0, 0.1) is 0 Å². The van der Waals surface area contributed by atoms with Crippen molar-refractivity contribution < 1.29 is 0 Å². The molecule has 0 radical (unpaired) electrons. The molecule has 1 N–H and O–H groups in total. The molecule has 0 aliphatic rings. The summed E-state index contributed by atoms with van der Waals surface area (Å²) in [6, 6.07) is 0. The van der Waals surface area contributed by atoms with E-state index in [-0.39, 0.29) is 0 Å². The quantitative estimate of drug-likeness (QED) is 0.791. The van der Waals surface area contributed by atoms with Gasteiger partial charge < -0.3 is 10.2 Å². The summed E-state index contributed by atoms with van der Waals surface area (Å²) in [6.07, 6.45) is 3.15. The first kappa shape index (κ1) is 10.2. The number of nitrogens with one attached hydrogen (secondary N) is 1. The summed E-state index contributed by atoms with van der Waals surface area (Å²) < 4.78 is 0. The molecule has 0 atom stereocenters. The van der Waals surface area contributed by atoms with Crippen LogP contribution in [0.25, 0.3) is 0 Å². The van der Waals surface area contributed by atoms with Crippen molar-refractivity contribution in [2.45, 2.75) is 0 Å². The van der Waals surface area contributed by atoms with Crippen LogP contribution in [0.2, 0.25) is 5.02 Å². The van der Waals surface area contributed by atoms with Crippen molar-refractivity contribution in [2.75, 3.05) is 32.5 Å². The summed E-state index contributed by atoms with van der Waals surface area (Å²) in [5, 5.41) is 3.63. The molecule has 0 fully saturated rings. The number of hydrogen-bond donors (Lipinski definition) is 1. The first-order chi connectivity index (χ1) is 6.18. The van der Waals surface area contributed by atoms with Gasteiger partial charge in [-0.15, -0.1) is 0 Å². The van der Waals surface area contributed by atoms with Gasteiger partial charge in [-0.1, -0.05) is 11.6 Å². The van der Waals surface area contributed by atoms with Crippen molar-refractivity contribution in [3.63, 3.8) is 0 Å². The van der Waals surface area contributed by atoms with Gasteiger partial charge in [-0.2, -0.15) is 0 Å². The standard InChI is InChI=1S/C8H13ClN4/c1-13(2)4-3-10-8-11-5-7(9)6-12-8/h5-6H,3-4H2,1-2H3,(H,10,11,12). The van der Waals surface area contributed by atoms with Gasteiger partial charge in [0, 0.05) is 13.1 Å². The summed E-state index contributed by atoms with van der Waals surface area (Å²) in [6.45, 7) is 1.78. The molecule has 0 amide bonds. The Labute approximate surface area is 82.9 Å². The van der Waals surface area contributed by atoms with Crippen molar-refractivity contribution in [3.05, 3.63) is 17.4 Å². The molecular weight excluding hydrogens is 188 g/mol. The SMILES string of the molecule is CN(C)CCNc1ncc(Cl)cn1. The van der Waals surface area contributed by atoms with Gasteiger partial charge in [0.05, 0.1) is 17.4 Å². The second-order valence-electron chi connectivity index (χ2n) is 2.95. The number of hydrogen-bond acceptors (Lipinski definition) is 4. The smallest absolute Gasteiger partial charge is 0.222 e. The zero-order chi connectivity index (χ0) is 9.68. The Balaban J connectivity index is 2.33. The van der Waals surface area contributed by atoms with Crippen LogP contribution >= 0.6 is 11.6 Å². The van der Waals surface area contributed by atoms with E-state index in [4.69, 9.17) is 11.6 Å². The molecule has 1 heterocycles. The van der Waals surface area contributed by atoms with Gasteiger partial charge in [0.25, 0.3) is 0 Å². The van der Waals surface area contributed by atoms with E-state index < -0.39 is 0 Å². The molecule has 1 rings (SSSR count).